The van der Waals surface area contributed by atoms with Crippen LogP contribution in [-0.2, 0) is 0 Å². The molecule has 6 nitrogen and oxygen atoms in total. The maximum Gasteiger partial charge on any atom is 0.410 e. The number of alkyl halides is 3. The number of rotatable bonds is 3. The number of hydrogen-bond acceptors (Lipinski definition) is 4. The monoisotopic (exact) mass is 407 g/mol. The van der Waals surface area contributed by atoms with Gasteiger partial charge in [-0.2, -0.15) is 18.3 Å². The maximum absolute atomic E-state index is 13.7. The van der Waals surface area contributed by atoms with Crippen LogP contribution in [0.2, 0.25) is 0 Å². The Morgan fingerprint density at radius 3 is 2.66 bits per heavy atom. The van der Waals surface area contributed by atoms with E-state index in [0.29, 0.717) is 30.0 Å². The Balaban J connectivity index is 1.65. The second kappa shape index (κ2) is 7.35. The van der Waals surface area contributed by atoms with Gasteiger partial charge >= 0.3 is 6.18 Å². The van der Waals surface area contributed by atoms with Gasteiger partial charge in [0.15, 0.2) is 6.04 Å². The van der Waals surface area contributed by atoms with Gasteiger partial charge in [0.1, 0.15) is 5.82 Å². The first kappa shape index (κ1) is 19.7. The first-order valence-corrected chi connectivity index (χ1v) is 9.89. The fourth-order valence-corrected chi connectivity index (χ4v) is 4.20. The molecule has 0 spiro atoms. The molecular formula is C20H24F3N5O. The maximum atomic E-state index is 13.7. The second-order valence-corrected chi connectivity index (χ2v) is 8.08. The van der Waals surface area contributed by atoms with Crippen LogP contribution in [0.4, 0.5) is 19.0 Å². The van der Waals surface area contributed by atoms with Gasteiger partial charge in [-0.25, -0.2) is 4.68 Å². The minimum Gasteiger partial charge on any atom is -0.367 e. The summed E-state index contributed by atoms with van der Waals surface area (Å²) in [7, 11) is 0. The lowest BCUT2D eigenvalue weighted by Gasteiger charge is -2.35. The van der Waals surface area contributed by atoms with Gasteiger partial charge in [-0.1, -0.05) is 13.8 Å². The van der Waals surface area contributed by atoms with Gasteiger partial charge in [0.05, 0.1) is 11.7 Å². The number of fused-ring (bicyclic) bond motifs is 1. The Hall–Kier alpha value is -2.58. The standard InChI is InChI=1S/C20H24F3N5O/c1-12(2)14-10-17(20(21,22)23)28-18(25-14)11-15(26-28)16-4-3-9-27(16)19(29)13-5-7-24-8-6-13/h5-8,11-12,14,16-17,25H,3-4,9-10H2,1-2H3/t14-,16?,17+/m0/s1. The van der Waals surface area contributed by atoms with Crippen molar-refractivity contribution < 1.29 is 18.0 Å². The number of carbonyl (C=O) groups is 1. The van der Waals surface area contributed by atoms with Crippen molar-refractivity contribution in [2.45, 2.75) is 57.4 Å². The Kier molecular flexibility index (Phi) is 5.00. The third-order valence-electron chi connectivity index (χ3n) is 5.83. The predicted octanol–water partition coefficient (Wildman–Crippen LogP) is 4.20. The van der Waals surface area contributed by atoms with Crippen LogP contribution in [0.1, 0.15) is 61.2 Å². The summed E-state index contributed by atoms with van der Waals surface area (Å²) in [5.41, 5.74) is 1.02. The zero-order valence-corrected chi connectivity index (χ0v) is 16.4. The molecule has 4 rings (SSSR count). The molecule has 9 heteroatoms. The SMILES string of the molecule is CC(C)[C@@H]1C[C@H](C(F)(F)F)n2nc(C3CCCN3C(=O)c3ccncc3)cc2N1. The van der Waals surface area contributed by atoms with Gasteiger partial charge in [0, 0.05) is 36.6 Å². The molecule has 0 bridgehead atoms. The molecule has 1 amide bonds. The van der Waals surface area contributed by atoms with Gasteiger partial charge in [0.25, 0.3) is 5.91 Å². The highest BCUT2D eigenvalue weighted by molar-refractivity contribution is 5.94. The zero-order valence-electron chi connectivity index (χ0n) is 16.4. The van der Waals surface area contributed by atoms with Crippen molar-refractivity contribution in [3.05, 3.63) is 41.9 Å². The number of anilines is 1. The molecule has 2 aliphatic heterocycles. The number of hydrogen-bond donors (Lipinski definition) is 1. The average Bonchev–Trinajstić information content (AvgIpc) is 3.32. The Bertz CT molecular complexity index is 880. The Labute approximate surface area is 167 Å². The van der Waals surface area contributed by atoms with Crippen LogP contribution in [0, 0.1) is 5.92 Å². The molecule has 0 aromatic carbocycles. The number of nitrogens with zero attached hydrogens (tertiary/aromatic N) is 4. The average molecular weight is 407 g/mol. The minimum absolute atomic E-state index is 0.0559. The van der Waals surface area contributed by atoms with E-state index in [-0.39, 0.29) is 30.3 Å². The van der Waals surface area contributed by atoms with E-state index in [1.54, 1.807) is 35.5 Å². The van der Waals surface area contributed by atoms with E-state index in [4.69, 9.17) is 0 Å². The third kappa shape index (κ3) is 3.70. The lowest BCUT2D eigenvalue weighted by Crippen LogP contribution is -2.41. The molecule has 0 aliphatic carbocycles. The normalized spacial score (nSPS) is 24.5. The van der Waals surface area contributed by atoms with Crippen LogP contribution in [0.5, 0.6) is 0 Å². The quantitative estimate of drug-likeness (QED) is 0.828. The summed E-state index contributed by atoms with van der Waals surface area (Å²) in [6, 6.07) is 2.69. The summed E-state index contributed by atoms with van der Waals surface area (Å²) in [5, 5.41) is 7.54. The summed E-state index contributed by atoms with van der Waals surface area (Å²) < 4.78 is 42.2. The first-order valence-electron chi connectivity index (χ1n) is 9.89. The van der Waals surface area contributed by atoms with Gasteiger partial charge in [-0.3, -0.25) is 9.78 Å². The van der Waals surface area contributed by atoms with Crippen molar-refractivity contribution in [3.63, 3.8) is 0 Å². The number of pyridine rings is 1. The molecular weight excluding hydrogens is 383 g/mol. The molecule has 2 aromatic rings. The number of halogens is 3. The molecule has 1 unspecified atom stereocenters. The van der Waals surface area contributed by atoms with E-state index < -0.39 is 12.2 Å². The fraction of sp³-hybridized carbons (Fsp3) is 0.550. The Morgan fingerprint density at radius 1 is 1.28 bits per heavy atom. The van der Waals surface area contributed by atoms with E-state index >= 15 is 0 Å². The predicted molar refractivity (Wildman–Crippen MR) is 101 cm³/mol. The highest BCUT2D eigenvalue weighted by atomic mass is 19.4. The third-order valence-corrected chi connectivity index (χ3v) is 5.83. The topological polar surface area (TPSA) is 63.1 Å². The van der Waals surface area contributed by atoms with Crippen molar-refractivity contribution in [2.75, 3.05) is 11.9 Å². The Morgan fingerprint density at radius 2 is 2.00 bits per heavy atom. The van der Waals surface area contributed by atoms with Crippen molar-refractivity contribution in [3.8, 4) is 0 Å². The van der Waals surface area contributed by atoms with E-state index in [2.05, 4.69) is 15.4 Å². The number of likely N-dealkylation sites (tertiary alicyclic amines) is 1. The molecule has 156 valence electrons. The molecule has 4 heterocycles. The molecule has 2 aliphatic rings. The van der Waals surface area contributed by atoms with E-state index in [1.807, 2.05) is 13.8 Å². The summed E-state index contributed by atoms with van der Waals surface area (Å²) in [6.07, 6.45) is 0.135. The van der Waals surface area contributed by atoms with Crippen LogP contribution < -0.4 is 5.32 Å². The van der Waals surface area contributed by atoms with E-state index in [9.17, 15) is 18.0 Å². The van der Waals surface area contributed by atoms with Gasteiger partial charge < -0.3 is 10.2 Å². The summed E-state index contributed by atoms with van der Waals surface area (Å²) in [6.45, 7) is 4.37. The first-order chi connectivity index (χ1) is 13.8. The van der Waals surface area contributed by atoms with E-state index in [0.717, 1.165) is 11.1 Å². The molecule has 1 N–H and O–H groups in total. The minimum atomic E-state index is -4.38. The highest BCUT2D eigenvalue weighted by Gasteiger charge is 2.47. The molecule has 1 fully saturated rings. The lowest BCUT2D eigenvalue weighted by molar-refractivity contribution is -0.174. The van der Waals surface area contributed by atoms with Gasteiger partial charge in [-0.05, 0) is 37.3 Å². The van der Waals surface area contributed by atoms with Crippen LogP contribution in [-0.4, -0.2) is 44.3 Å². The molecule has 2 aromatic heterocycles. The van der Waals surface area contributed by atoms with E-state index in [1.165, 1.54) is 0 Å². The van der Waals surface area contributed by atoms with Crippen LogP contribution in [0.15, 0.2) is 30.6 Å². The van der Waals surface area contributed by atoms with Crippen LogP contribution in [0.3, 0.4) is 0 Å². The van der Waals surface area contributed by atoms with Crippen LogP contribution >= 0.6 is 0 Å². The van der Waals surface area contributed by atoms with Crippen molar-refractivity contribution in [2.24, 2.45) is 5.92 Å². The largest absolute Gasteiger partial charge is 0.410 e. The highest BCUT2D eigenvalue weighted by Crippen LogP contribution is 2.42. The van der Waals surface area contributed by atoms with Crippen molar-refractivity contribution in [1.29, 1.82) is 0 Å². The number of carbonyl (C=O) groups excluding carboxylic acids is 1. The second-order valence-electron chi connectivity index (χ2n) is 8.08. The smallest absolute Gasteiger partial charge is 0.367 e. The molecule has 0 radical (unpaired) electrons. The zero-order chi connectivity index (χ0) is 20.8. The van der Waals surface area contributed by atoms with Gasteiger partial charge in [0.2, 0.25) is 0 Å². The molecule has 3 atom stereocenters. The summed E-state index contributed by atoms with van der Waals surface area (Å²) in [5.74, 6) is 0.278. The number of amides is 1. The fourth-order valence-electron chi connectivity index (χ4n) is 4.20. The molecule has 29 heavy (non-hydrogen) atoms. The van der Waals surface area contributed by atoms with Crippen molar-refractivity contribution >= 4 is 11.7 Å². The van der Waals surface area contributed by atoms with Crippen molar-refractivity contribution in [1.82, 2.24) is 19.7 Å². The summed E-state index contributed by atoms with van der Waals surface area (Å²) in [4.78, 5) is 18.5. The summed E-state index contributed by atoms with van der Waals surface area (Å²) >= 11 is 0. The van der Waals surface area contributed by atoms with Gasteiger partial charge in [-0.15, -0.1) is 0 Å². The van der Waals surface area contributed by atoms with Crippen LogP contribution in [0.25, 0.3) is 0 Å². The lowest BCUT2D eigenvalue weighted by atomic mass is 9.94. The molecule has 0 saturated carbocycles. The number of aromatic nitrogens is 3. The number of nitrogens with one attached hydrogen (secondary N) is 1. The molecule has 1 saturated heterocycles.